The number of hydrogen-bond donors (Lipinski definition) is 0. The van der Waals surface area contributed by atoms with Crippen LogP contribution in [0, 0.1) is 0 Å². The van der Waals surface area contributed by atoms with Crippen molar-refractivity contribution in [2.24, 2.45) is 0 Å². The number of fused-ring (bicyclic) bond motifs is 2. The summed E-state index contributed by atoms with van der Waals surface area (Å²) in [6.07, 6.45) is 0. The monoisotopic (exact) mass is 564 g/mol. The standard InChI is InChI=1S/C22H18Br2N2O6/c1-25-15-7-5-11(23)9-13(15)21(17(25)27,19(29)31-3)22(20(30)32-4)14-10-12(24)6-8-16(14)26(2)18(22)28/h5-10H,1-4H3/t21-,22-/m1/s1. The first-order valence-corrected chi connectivity index (χ1v) is 11.0. The van der Waals surface area contributed by atoms with E-state index in [1.807, 2.05) is 0 Å². The molecule has 4 rings (SSSR count). The molecule has 2 aliphatic heterocycles. The van der Waals surface area contributed by atoms with Crippen molar-refractivity contribution in [3.63, 3.8) is 0 Å². The third-order valence-corrected chi connectivity index (χ3v) is 7.23. The molecule has 8 nitrogen and oxygen atoms in total. The number of ether oxygens (including phenoxy) is 2. The highest BCUT2D eigenvalue weighted by Gasteiger charge is 2.79. The maximum absolute atomic E-state index is 14.0. The minimum atomic E-state index is -2.35. The van der Waals surface area contributed by atoms with Crippen molar-refractivity contribution in [2.75, 3.05) is 38.1 Å². The maximum atomic E-state index is 14.0. The number of anilines is 2. The fourth-order valence-electron chi connectivity index (χ4n) is 4.89. The summed E-state index contributed by atoms with van der Waals surface area (Å²) in [6, 6.07) is 9.79. The van der Waals surface area contributed by atoms with Crippen LogP contribution in [0.3, 0.4) is 0 Å². The van der Waals surface area contributed by atoms with Crippen LogP contribution in [0.1, 0.15) is 11.1 Å². The minimum absolute atomic E-state index is 0.172. The zero-order valence-electron chi connectivity index (χ0n) is 17.6. The van der Waals surface area contributed by atoms with E-state index in [1.54, 1.807) is 36.4 Å². The summed E-state index contributed by atoms with van der Waals surface area (Å²) in [6.45, 7) is 0. The topological polar surface area (TPSA) is 93.2 Å². The van der Waals surface area contributed by atoms with E-state index in [0.29, 0.717) is 20.3 Å². The SMILES string of the molecule is COC(=O)[C@]1([C@@]2(C(=O)OC)C(=O)N(C)c3ccc(Br)cc32)C(=O)N(C)c2ccc(Br)cc21. The van der Waals surface area contributed by atoms with Crippen molar-refractivity contribution in [2.45, 2.75) is 10.8 Å². The Balaban J connectivity index is 2.27. The molecule has 0 saturated carbocycles. The lowest BCUT2D eigenvalue weighted by atomic mass is 9.57. The van der Waals surface area contributed by atoms with Gasteiger partial charge in [-0.2, -0.15) is 0 Å². The third-order valence-electron chi connectivity index (χ3n) is 6.24. The van der Waals surface area contributed by atoms with Crippen molar-refractivity contribution in [3.05, 3.63) is 56.5 Å². The predicted octanol–water partition coefficient (Wildman–Crippen LogP) is 2.69. The number of likely N-dealkylation sites (N-methyl/N-ethyl adjacent to an activating group) is 2. The molecule has 10 heteroatoms. The number of hydrogen-bond acceptors (Lipinski definition) is 6. The quantitative estimate of drug-likeness (QED) is 0.420. The highest BCUT2D eigenvalue weighted by molar-refractivity contribution is 9.10. The van der Waals surface area contributed by atoms with E-state index in [4.69, 9.17) is 9.47 Å². The summed E-state index contributed by atoms with van der Waals surface area (Å²) in [5.74, 6) is -3.60. The van der Waals surface area contributed by atoms with Gasteiger partial charge in [0.2, 0.25) is 10.8 Å². The van der Waals surface area contributed by atoms with Crippen LogP contribution < -0.4 is 9.80 Å². The molecule has 0 unspecified atom stereocenters. The first kappa shape index (κ1) is 22.5. The van der Waals surface area contributed by atoms with Crippen LogP contribution in [0.15, 0.2) is 45.3 Å². The molecule has 0 N–H and O–H groups in total. The number of amides is 2. The van der Waals surface area contributed by atoms with E-state index >= 15 is 0 Å². The fraction of sp³-hybridized carbons (Fsp3) is 0.273. The van der Waals surface area contributed by atoms with Gasteiger partial charge in [0.1, 0.15) is 0 Å². The average Bonchev–Trinajstić information content (AvgIpc) is 3.13. The Hall–Kier alpha value is -2.72. The van der Waals surface area contributed by atoms with Crippen LogP contribution in [0.4, 0.5) is 11.4 Å². The lowest BCUT2D eigenvalue weighted by molar-refractivity contribution is -0.168. The van der Waals surface area contributed by atoms with Crippen molar-refractivity contribution in [3.8, 4) is 0 Å². The van der Waals surface area contributed by atoms with Gasteiger partial charge in [0.15, 0.2) is 0 Å². The van der Waals surface area contributed by atoms with Crippen molar-refractivity contribution in [1.29, 1.82) is 0 Å². The Labute approximate surface area is 200 Å². The van der Waals surface area contributed by atoms with Gasteiger partial charge in [-0.25, -0.2) is 0 Å². The van der Waals surface area contributed by atoms with Gasteiger partial charge in [-0.15, -0.1) is 0 Å². The predicted molar refractivity (Wildman–Crippen MR) is 122 cm³/mol. The molecule has 0 saturated heterocycles. The van der Waals surface area contributed by atoms with E-state index in [1.165, 1.54) is 23.9 Å². The zero-order chi connectivity index (χ0) is 23.6. The molecule has 2 atom stereocenters. The van der Waals surface area contributed by atoms with Crippen LogP contribution in [-0.2, 0) is 39.5 Å². The highest BCUT2D eigenvalue weighted by atomic mass is 79.9. The molecule has 2 amide bonds. The summed E-state index contributed by atoms with van der Waals surface area (Å²) in [5, 5.41) is 0. The average molecular weight is 566 g/mol. The van der Waals surface area contributed by atoms with Gasteiger partial charge in [-0.3, -0.25) is 19.2 Å². The molecule has 2 heterocycles. The molecule has 2 aromatic carbocycles. The lowest BCUT2D eigenvalue weighted by Crippen LogP contribution is -2.67. The highest BCUT2D eigenvalue weighted by Crippen LogP contribution is 2.59. The molecule has 0 bridgehead atoms. The van der Waals surface area contributed by atoms with Gasteiger partial charge in [0.05, 0.1) is 14.2 Å². The molecule has 166 valence electrons. The largest absolute Gasteiger partial charge is 0.468 e. The van der Waals surface area contributed by atoms with E-state index in [2.05, 4.69) is 31.9 Å². The Morgan fingerprint density at radius 1 is 0.750 bits per heavy atom. The molecule has 0 fully saturated rings. The van der Waals surface area contributed by atoms with Gasteiger partial charge in [-0.1, -0.05) is 31.9 Å². The van der Waals surface area contributed by atoms with E-state index in [-0.39, 0.29) is 11.1 Å². The second-order valence-electron chi connectivity index (χ2n) is 7.53. The van der Waals surface area contributed by atoms with Crippen molar-refractivity contribution >= 4 is 67.0 Å². The molecular weight excluding hydrogens is 548 g/mol. The van der Waals surface area contributed by atoms with E-state index in [9.17, 15) is 19.2 Å². The lowest BCUT2D eigenvalue weighted by Gasteiger charge is -2.39. The summed E-state index contributed by atoms with van der Waals surface area (Å²) in [4.78, 5) is 57.8. The molecule has 0 radical (unpaired) electrons. The second kappa shape index (κ2) is 7.41. The Bertz CT molecular complexity index is 1120. The number of nitrogens with zero attached hydrogens (tertiary/aromatic N) is 2. The number of halogens is 2. The van der Waals surface area contributed by atoms with Gasteiger partial charge in [0.25, 0.3) is 11.8 Å². The Kier molecular flexibility index (Phi) is 5.21. The molecule has 0 aromatic heterocycles. The maximum Gasteiger partial charge on any atom is 0.328 e. The summed E-state index contributed by atoms with van der Waals surface area (Å²) in [7, 11) is 5.19. The van der Waals surface area contributed by atoms with Gasteiger partial charge in [0, 0.05) is 45.5 Å². The van der Waals surface area contributed by atoms with Crippen LogP contribution >= 0.6 is 31.9 Å². The molecular formula is C22H18Br2N2O6. The van der Waals surface area contributed by atoms with Gasteiger partial charge in [-0.05, 0) is 36.4 Å². The molecule has 0 spiro atoms. The van der Waals surface area contributed by atoms with Crippen molar-refractivity contribution in [1.82, 2.24) is 0 Å². The number of carbonyl (C=O) groups is 4. The van der Waals surface area contributed by atoms with Crippen LogP contribution in [0.25, 0.3) is 0 Å². The van der Waals surface area contributed by atoms with Crippen molar-refractivity contribution < 1.29 is 28.7 Å². The molecule has 32 heavy (non-hydrogen) atoms. The number of methoxy groups -OCH3 is 2. The third kappa shape index (κ3) is 2.42. The van der Waals surface area contributed by atoms with Crippen LogP contribution in [0.5, 0.6) is 0 Å². The first-order valence-electron chi connectivity index (χ1n) is 9.43. The van der Waals surface area contributed by atoms with E-state index < -0.39 is 34.6 Å². The first-order chi connectivity index (χ1) is 15.1. The van der Waals surface area contributed by atoms with Gasteiger partial charge < -0.3 is 19.3 Å². The number of benzene rings is 2. The summed E-state index contributed by atoms with van der Waals surface area (Å²) >= 11 is 6.75. The fourth-order valence-corrected chi connectivity index (χ4v) is 5.61. The molecule has 0 aliphatic carbocycles. The van der Waals surface area contributed by atoms with Crippen LogP contribution in [-0.4, -0.2) is 52.1 Å². The molecule has 2 aromatic rings. The molecule has 2 aliphatic rings. The number of rotatable bonds is 3. The smallest absolute Gasteiger partial charge is 0.328 e. The van der Waals surface area contributed by atoms with Crippen LogP contribution in [0.2, 0.25) is 0 Å². The Morgan fingerprint density at radius 3 is 1.41 bits per heavy atom. The zero-order valence-corrected chi connectivity index (χ0v) is 20.7. The summed E-state index contributed by atoms with van der Waals surface area (Å²) in [5.41, 5.74) is -3.59. The van der Waals surface area contributed by atoms with E-state index in [0.717, 1.165) is 14.2 Å². The minimum Gasteiger partial charge on any atom is -0.468 e. The number of esters is 2. The number of carbonyl (C=O) groups excluding carboxylic acids is 4. The normalized spacial score (nSPS) is 23.8. The second-order valence-corrected chi connectivity index (χ2v) is 9.37. The summed E-state index contributed by atoms with van der Waals surface area (Å²) < 4.78 is 11.4. The van der Waals surface area contributed by atoms with Gasteiger partial charge >= 0.3 is 11.9 Å². The Morgan fingerprint density at radius 2 is 1.09 bits per heavy atom.